The molecule has 1 N–H and O–H groups in total. The normalized spacial score (nSPS) is 10.8. The lowest BCUT2D eigenvalue weighted by molar-refractivity contribution is 0.343. The molecule has 0 aliphatic heterocycles. The highest BCUT2D eigenvalue weighted by atomic mass is 19.1. The van der Waals surface area contributed by atoms with E-state index in [0.717, 1.165) is 0 Å². The third-order valence-electron chi connectivity index (χ3n) is 2.26. The molecular weight excluding hydrogens is 210 g/mol. The van der Waals surface area contributed by atoms with E-state index in [1.54, 1.807) is 12.1 Å². The number of benzene rings is 2. The van der Waals surface area contributed by atoms with Gasteiger partial charge in [-0.2, -0.15) is 0 Å². The predicted molar refractivity (Wildman–Crippen MR) is 56.2 cm³/mol. The Bertz CT molecular complexity index is 451. The smallest absolute Gasteiger partial charge is 0.157 e. The summed E-state index contributed by atoms with van der Waals surface area (Å²) < 4.78 is 26.7. The zero-order chi connectivity index (χ0) is 11.5. The Kier molecular flexibility index (Phi) is 2.97. The molecule has 1 radical (unpaired) electrons. The van der Waals surface area contributed by atoms with Crippen LogP contribution in [0.2, 0.25) is 0 Å². The Morgan fingerprint density at radius 1 is 0.750 bits per heavy atom. The van der Waals surface area contributed by atoms with Gasteiger partial charge in [0.2, 0.25) is 0 Å². The Hall–Kier alpha value is -1.74. The summed E-state index contributed by atoms with van der Waals surface area (Å²) in [7, 11) is 0. The summed E-state index contributed by atoms with van der Waals surface area (Å²) in [5, 5.41) is 9.79. The van der Waals surface area contributed by atoms with Gasteiger partial charge in [0.1, 0.15) is 11.6 Å². The minimum atomic E-state index is -0.580. The quantitative estimate of drug-likeness (QED) is 0.821. The van der Waals surface area contributed by atoms with Gasteiger partial charge in [-0.15, -0.1) is 0 Å². The Morgan fingerprint density at radius 2 is 1.12 bits per heavy atom. The van der Waals surface area contributed by atoms with E-state index in [1.165, 1.54) is 36.4 Å². The number of hydrogen-bond acceptors (Lipinski definition) is 1. The van der Waals surface area contributed by atoms with Crippen LogP contribution in [0, 0.1) is 17.7 Å². The summed E-state index contributed by atoms with van der Waals surface area (Å²) in [6, 6.07) is 11.4. The van der Waals surface area contributed by atoms with Crippen LogP contribution < -0.4 is 0 Å². The molecule has 0 amide bonds. The molecule has 0 saturated carbocycles. The fourth-order valence-electron chi connectivity index (χ4n) is 1.45. The molecule has 3 heteroatoms. The molecule has 2 rings (SSSR count). The van der Waals surface area contributed by atoms with Gasteiger partial charge in [0.25, 0.3) is 0 Å². The van der Waals surface area contributed by atoms with Crippen molar-refractivity contribution in [3.63, 3.8) is 0 Å². The third-order valence-corrected chi connectivity index (χ3v) is 2.26. The summed E-state index contributed by atoms with van der Waals surface area (Å²) in [5.74, 6) is -1.16. The summed E-state index contributed by atoms with van der Waals surface area (Å²) in [5.41, 5.74) is -0.0137. The first-order valence-corrected chi connectivity index (χ1v) is 4.76. The molecule has 16 heavy (non-hydrogen) atoms. The maximum atomic E-state index is 13.4. The fraction of sp³-hybridized carbons (Fsp3) is 0. The van der Waals surface area contributed by atoms with Crippen molar-refractivity contribution in [1.29, 1.82) is 0 Å². The van der Waals surface area contributed by atoms with Gasteiger partial charge in [-0.3, -0.25) is 0 Å². The number of aliphatic hydroxyl groups excluding tert-OH is 1. The van der Waals surface area contributed by atoms with Gasteiger partial charge >= 0.3 is 0 Å². The van der Waals surface area contributed by atoms with Crippen molar-refractivity contribution >= 4 is 0 Å². The molecule has 0 unspecified atom stereocenters. The van der Waals surface area contributed by atoms with Gasteiger partial charge < -0.3 is 5.11 Å². The molecule has 81 valence electrons. The van der Waals surface area contributed by atoms with Crippen LogP contribution in [0.5, 0.6) is 0 Å². The molecule has 0 heterocycles. The zero-order valence-corrected chi connectivity index (χ0v) is 8.32. The first-order chi connectivity index (χ1) is 7.70. The van der Waals surface area contributed by atoms with E-state index >= 15 is 0 Å². The molecule has 0 aliphatic carbocycles. The van der Waals surface area contributed by atoms with Crippen LogP contribution in [0.25, 0.3) is 0 Å². The van der Waals surface area contributed by atoms with Crippen LogP contribution in [0.1, 0.15) is 11.1 Å². The average Bonchev–Trinajstić information content (AvgIpc) is 2.29. The summed E-state index contributed by atoms with van der Waals surface area (Å²) in [4.78, 5) is 0. The molecule has 2 aromatic rings. The Balaban J connectivity index is 2.44. The topological polar surface area (TPSA) is 20.2 Å². The second-order valence-electron chi connectivity index (χ2n) is 3.31. The molecule has 0 spiro atoms. The largest absolute Gasteiger partial charge is 0.376 e. The van der Waals surface area contributed by atoms with E-state index in [-0.39, 0.29) is 11.1 Å². The highest BCUT2D eigenvalue weighted by Gasteiger charge is 2.18. The maximum Gasteiger partial charge on any atom is 0.157 e. The van der Waals surface area contributed by atoms with E-state index in [4.69, 9.17) is 0 Å². The Labute approximate surface area is 92.0 Å². The average molecular weight is 219 g/mol. The van der Waals surface area contributed by atoms with E-state index < -0.39 is 17.7 Å². The third kappa shape index (κ3) is 1.95. The van der Waals surface area contributed by atoms with Crippen molar-refractivity contribution in [2.45, 2.75) is 0 Å². The van der Waals surface area contributed by atoms with Crippen LogP contribution >= 0.6 is 0 Å². The molecule has 0 bridgehead atoms. The second kappa shape index (κ2) is 4.41. The standard InChI is InChI=1S/C13H9F2O/c14-11-7-3-1-5-9(11)13(16)10-6-2-4-8-12(10)15/h1-8,16H. The Morgan fingerprint density at radius 3 is 1.50 bits per heavy atom. The molecule has 0 atom stereocenters. The van der Waals surface area contributed by atoms with Gasteiger partial charge in [0.15, 0.2) is 6.10 Å². The molecule has 2 aromatic carbocycles. The van der Waals surface area contributed by atoms with Crippen LogP contribution in [-0.4, -0.2) is 5.11 Å². The maximum absolute atomic E-state index is 13.4. The number of halogens is 2. The van der Waals surface area contributed by atoms with E-state index in [0.29, 0.717) is 0 Å². The van der Waals surface area contributed by atoms with Crippen molar-refractivity contribution in [2.75, 3.05) is 0 Å². The minimum Gasteiger partial charge on any atom is -0.376 e. The van der Waals surface area contributed by atoms with Gasteiger partial charge in [0, 0.05) is 11.1 Å². The second-order valence-corrected chi connectivity index (χ2v) is 3.31. The van der Waals surface area contributed by atoms with Crippen LogP contribution in [0.3, 0.4) is 0 Å². The van der Waals surface area contributed by atoms with Crippen molar-refractivity contribution in [1.82, 2.24) is 0 Å². The molecular formula is C13H9F2O. The van der Waals surface area contributed by atoms with Crippen molar-refractivity contribution in [3.05, 3.63) is 77.4 Å². The molecule has 0 saturated heterocycles. The summed E-state index contributed by atoms with van der Waals surface area (Å²) in [6.07, 6.45) is -0.392. The van der Waals surface area contributed by atoms with E-state index in [9.17, 15) is 13.9 Å². The van der Waals surface area contributed by atoms with Crippen LogP contribution in [0.15, 0.2) is 48.5 Å². The molecule has 0 aliphatic rings. The van der Waals surface area contributed by atoms with Gasteiger partial charge in [-0.1, -0.05) is 36.4 Å². The number of aliphatic hydroxyl groups is 1. The number of hydrogen-bond donors (Lipinski definition) is 1. The van der Waals surface area contributed by atoms with E-state index in [1.807, 2.05) is 0 Å². The van der Waals surface area contributed by atoms with Crippen LogP contribution in [-0.2, 0) is 0 Å². The zero-order valence-electron chi connectivity index (χ0n) is 8.32. The lowest BCUT2D eigenvalue weighted by Gasteiger charge is -2.11. The van der Waals surface area contributed by atoms with Gasteiger partial charge in [-0.25, -0.2) is 8.78 Å². The van der Waals surface area contributed by atoms with Crippen molar-refractivity contribution < 1.29 is 13.9 Å². The van der Waals surface area contributed by atoms with E-state index in [2.05, 4.69) is 0 Å². The van der Waals surface area contributed by atoms with Gasteiger partial charge in [0.05, 0.1) is 0 Å². The minimum absolute atomic E-state index is 0.00685. The SMILES string of the molecule is O[C](c1ccccc1F)c1ccccc1F. The lowest BCUT2D eigenvalue weighted by atomic mass is 10.0. The highest BCUT2D eigenvalue weighted by molar-refractivity contribution is 5.42. The van der Waals surface area contributed by atoms with Crippen LogP contribution in [0.4, 0.5) is 8.78 Å². The monoisotopic (exact) mass is 219 g/mol. The first kappa shape index (κ1) is 10.8. The highest BCUT2D eigenvalue weighted by Crippen LogP contribution is 2.24. The lowest BCUT2D eigenvalue weighted by Crippen LogP contribution is -2.05. The summed E-state index contributed by atoms with van der Waals surface area (Å²) >= 11 is 0. The number of rotatable bonds is 2. The van der Waals surface area contributed by atoms with Crippen molar-refractivity contribution in [2.24, 2.45) is 0 Å². The summed E-state index contributed by atoms with van der Waals surface area (Å²) in [6.45, 7) is 0. The van der Waals surface area contributed by atoms with Crippen molar-refractivity contribution in [3.8, 4) is 0 Å². The molecule has 1 nitrogen and oxygen atoms in total. The molecule has 0 fully saturated rings. The first-order valence-electron chi connectivity index (χ1n) is 4.76. The molecule has 0 aromatic heterocycles. The predicted octanol–water partition coefficient (Wildman–Crippen LogP) is 3.27. The fourth-order valence-corrected chi connectivity index (χ4v) is 1.45. The van der Waals surface area contributed by atoms with Gasteiger partial charge in [-0.05, 0) is 12.1 Å².